The molecule has 0 saturated carbocycles. The summed E-state index contributed by atoms with van der Waals surface area (Å²) in [6, 6.07) is 9.61. The third-order valence-corrected chi connectivity index (χ3v) is 3.92. The van der Waals surface area contributed by atoms with E-state index in [-0.39, 0.29) is 11.9 Å². The molecule has 0 radical (unpaired) electrons. The Morgan fingerprint density at radius 1 is 1.32 bits per heavy atom. The van der Waals surface area contributed by atoms with Crippen molar-refractivity contribution in [1.82, 2.24) is 20.0 Å². The molecule has 3 rings (SSSR count). The van der Waals surface area contributed by atoms with Crippen LogP contribution in [0, 0.1) is 0 Å². The lowest BCUT2D eigenvalue weighted by Crippen LogP contribution is -2.42. The van der Waals surface area contributed by atoms with Crippen molar-refractivity contribution in [3.63, 3.8) is 0 Å². The van der Waals surface area contributed by atoms with Gasteiger partial charge in [-0.1, -0.05) is 18.2 Å². The lowest BCUT2D eigenvalue weighted by molar-refractivity contribution is -0.133. The lowest BCUT2D eigenvalue weighted by Gasteiger charge is -2.24. The predicted molar refractivity (Wildman–Crippen MR) is 81.9 cm³/mol. The van der Waals surface area contributed by atoms with Crippen LogP contribution in [0.2, 0.25) is 0 Å². The Kier molecular flexibility index (Phi) is 4.20. The summed E-state index contributed by atoms with van der Waals surface area (Å²) in [6.07, 6.45) is 1.90. The molecule has 0 bridgehead atoms. The quantitative estimate of drug-likeness (QED) is 0.861. The molecule has 1 fully saturated rings. The third-order valence-electron chi connectivity index (χ3n) is 3.92. The van der Waals surface area contributed by atoms with Crippen LogP contribution in [0.3, 0.4) is 0 Å². The van der Waals surface area contributed by atoms with Gasteiger partial charge in [0.1, 0.15) is 0 Å². The summed E-state index contributed by atoms with van der Waals surface area (Å²) in [5, 5.41) is 8.21. The number of rotatable bonds is 4. The van der Waals surface area contributed by atoms with E-state index in [0.29, 0.717) is 18.3 Å². The second-order valence-corrected chi connectivity index (χ2v) is 5.73. The van der Waals surface area contributed by atoms with Crippen molar-refractivity contribution in [2.75, 3.05) is 20.6 Å². The van der Waals surface area contributed by atoms with Crippen molar-refractivity contribution in [2.24, 2.45) is 0 Å². The number of amides is 1. The van der Waals surface area contributed by atoms with Crippen LogP contribution in [0.4, 0.5) is 0 Å². The van der Waals surface area contributed by atoms with Gasteiger partial charge in [-0.3, -0.25) is 9.69 Å². The Morgan fingerprint density at radius 2 is 2.09 bits per heavy atom. The van der Waals surface area contributed by atoms with Gasteiger partial charge in [0.05, 0.1) is 12.6 Å². The number of benzene rings is 1. The second kappa shape index (κ2) is 6.27. The molecule has 1 aliphatic rings. The molecule has 1 unspecified atom stereocenters. The number of likely N-dealkylation sites (tertiary alicyclic amines) is 1. The lowest BCUT2D eigenvalue weighted by atomic mass is 10.2. The number of likely N-dealkylation sites (N-methyl/N-ethyl adjacent to an activating group) is 1. The van der Waals surface area contributed by atoms with Crippen LogP contribution in [0.25, 0.3) is 11.5 Å². The van der Waals surface area contributed by atoms with Gasteiger partial charge in [-0.25, -0.2) is 0 Å². The highest BCUT2D eigenvalue weighted by molar-refractivity contribution is 5.81. The molecule has 1 amide bonds. The summed E-state index contributed by atoms with van der Waals surface area (Å²) < 4.78 is 5.73. The van der Waals surface area contributed by atoms with Crippen molar-refractivity contribution in [1.29, 1.82) is 0 Å². The molecule has 1 aromatic heterocycles. The van der Waals surface area contributed by atoms with Crippen molar-refractivity contribution >= 4 is 5.91 Å². The van der Waals surface area contributed by atoms with Gasteiger partial charge in [-0.05, 0) is 31.5 Å². The van der Waals surface area contributed by atoms with E-state index in [1.807, 2.05) is 30.3 Å². The number of hydrogen-bond acceptors (Lipinski definition) is 5. The molecule has 1 atom stereocenters. The van der Waals surface area contributed by atoms with E-state index in [9.17, 15) is 4.79 Å². The number of carbonyl (C=O) groups excluding carboxylic acids is 1. The van der Waals surface area contributed by atoms with Crippen LogP contribution >= 0.6 is 0 Å². The first-order valence-corrected chi connectivity index (χ1v) is 7.48. The van der Waals surface area contributed by atoms with Crippen molar-refractivity contribution in [3.8, 4) is 11.5 Å². The van der Waals surface area contributed by atoms with E-state index in [4.69, 9.17) is 4.42 Å². The molecule has 0 aliphatic carbocycles. The number of hydrogen-bond donors (Lipinski definition) is 0. The molecule has 2 heterocycles. The number of nitrogens with zero attached hydrogens (tertiary/aromatic N) is 4. The van der Waals surface area contributed by atoms with Crippen LogP contribution < -0.4 is 0 Å². The van der Waals surface area contributed by atoms with Gasteiger partial charge in [0.2, 0.25) is 17.7 Å². The highest BCUT2D eigenvalue weighted by Gasteiger charge is 2.32. The molecular formula is C16H20N4O2. The minimum atomic E-state index is -0.0814. The topological polar surface area (TPSA) is 62.5 Å². The maximum atomic E-state index is 12.2. The predicted octanol–water partition coefficient (Wildman–Crippen LogP) is 1.79. The minimum absolute atomic E-state index is 0.0814. The molecule has 2 aromatic rings. The van der Waals surface area contributed by atoms with E-state index in [2.05, 4.69) is 15.1 Å². The van der Waals surface area contributed by atoms with Gasteiger partial charge in [-0.15, -0.1) is 10.2 Å². The van der Waals surface area contributed by atoms with Crippen LogP contribution in [0.1, 0.15) is 18.7 Å². The van der Waals surface area contributed by atoms with Crippen LogP contribution in [0.5, 0.6) is 0 Å². The van der Waals surface area contributed by atoms with Gasteiger partial charge in [-0.2, -0.15) is 0 Å². The Balaban J connectivity index is 1.71. The molecule has 1 aromatic carbocycles. The minimum Gasteiger partial charge on any atom is -0.419 e. The highest BCUT2D eigenvalue weighted by Crippen LogP contribution is 2.23. The number of carbonyl (C=O) groups is 1. The molecule has 116 valence electrons. The monoisotopic (exact) mass is 300 g/mol. The zero-order valence-corrected chi connectivity index (χ0v) is 12.9. The van der Waals surface area contributed by atoms with Gasteiger partial charge < -0.3 is 9.32 Å². The second-order valence-electron chi connectivity index (χ2n) is 5.73. The van der Waals surface area contributed by atoms with E-state index < -0.39 is 0 Å². The summed E-state index contributed by atoms with van der Waals surface area (Å²) in [7, 11) is 3.58. The molecule has 6 heteroatoms. The first kappa shape index (κ1) is 14.7. The van der Waals surface area contributed by atoms with Crippen molar-refractivity contribution in [2.45, 2.75) is 25.4 Å². The Hall–Kier alpha value is -2.21. The van der Waals surface area contributed by atoms with E-state index in [0.717, 1.165) is 24.9 Å². The molecular weight excluding hydrogens is 280 g/mol. The van der Waals surface area contributed by atoms with Gasteiger partial charge in [0.15, 0.2) is 0 Å². The fourth-order valence-corrected chi connectivity index (χ4v) is 2.78. The van der Waals surface area contributed by atoms with E-state index >= 15 is 0 Å². The average Bonchev–Trinajstić information content (AvgIpc) is 3.17. The number of aromatic nitrogens is 2. The van der Waals surface area contributed by atoms with Crippen LogP contribution in [-0.2, 0) is 11.3 Å². The molecule has 6 nitrogen and oxygen atoms in total. The molecule has 0 spiro atoms. The summed E-state index contributed by atoms with van der Waals surface area (Å²) in [5.41, 5.74) is 0.906. The summed E-state index contributed by atoms with van der Waals surface area (Å²) >= 11 is 0. The summed E-state index contributed by atoms with van der Waals surface area (Å²) in [6.45, 7) is 1.40. The fraction of sp³-hybridized carbons (Fsp3) is 0.438. The zero-order chi connectivity index (χ0) is 15.5. The summed E-state index contributed by atoms with van der Waals surface area (Å²) in [4.78, 5) is 16.0. The van der Waals surface area contributed by atoms with E-state index in [1.165, 1.54) is 0 Å². The highest BCUT2D eigenvalue weighted by atomic mass is 16.4. The summed E-state index contributed by atoms with van der Waals surface area (Å²) in [5.74, 6) is 1.21. The van der Waals surface area contributed by atoms with E-state index in [1.54, 1.807) is 19.0 Å². The smallest absolute Gasteiger partial charge is 0.247 e. The Morgan fingerprint density at radius 3 is 2.82 bits per heavy atom. The SMILES string of the molecule is CN(C)C(=O)C1CCCN1Cc1nnc(-c2ccccc2)o1. The maximum absolute atomic E-state index is 12.2. The largest absolute Gasteiger partial charge is 0.419 e. The third kappa shape index (κ3) is 3.01. The van der Waals surface area contributed by atoms with Crippen molar-refractivity contribution in [3.05, 3.63) is 36.2 Å². The fourth-order valence-electron chi connectivity index (χ4n) is 2.78. The van der Waals surface area contributed by atoms with Gasteiger partial charge >= 0.3 is 0 Å². The normalized spacial score (nSPS) is 18.5. The van der Waals surface area contributed by atoms with Crippen molar-refractivity contribution < 1.29 is 9.21 Å². The molecule has 0 N–H and O–H groups in total. The maximum Gasteiger partial charge on any atom is 0.247 e. The van der Waals surface area contributed by atoms with Gasteiger partial charge in [0.25, 0.3) is 0 Å². The first-order valence-electron chi connectivity index (χ1n) is 7.48. The average molecular weight is 300 g/mol. The molecule has 1 saturated heterocycles. The van der Waals surface area contributed by atoms with Crippen LogP contribution in [0.15, 0.2) is 34.7 Å². The van der Waals surface area contributed by atoms with Crippen LogP contribution in [-0.4, -0.2) is 52.6 Å². The Bertz CT molecular complexity index is 639. The molecule has 22 heavy (non-hydrogen) atoms. The standard InChI is InChI=1S/C16H20N4O2/c1-19(2)16(21)13-9-6-10-20(13)11-14-17-18-15(22-14)12-7-4-3-5-8-12/h3-5,7-8,13H,6,9-11H2,1-2H3. The molecule has 1 aliphatic heterocycles. The zero-order valence-electron chi connectivity index (χ0n) is 12.9. The van der Waals surface area contributed by atoms with Gasteiger partial charge in [0, 0.05) is 19.7 Å². The Labute approximate surface area is 129 Å². The first-order chi connectivity index (χ1) is 10.6.